The van der Waals surface area contributed by atoms with Crippen LogP contribution in [-0.2, 0) is 6.54 Å². The fourth-order valence-electron chi connectivity index (χ4n) is 2.47. The van der Waals surface area contributed by atoms with Crippen LogP contribution in [0.2, 0.25) is 0 Å². The molecule has 2 aromatic rings. The molecule has 0 spiro atoms. The van der Waals surface area contributed by atoms with Gasteiger partial charge in [0.15, 0.2) is 17.5 Å². The van der Waals surface area contributed by atoms with Gasteiger partial charge in [0, 0.05) is 29.2 Å². The Morgan fingerprint density at radius 3 is 2.23 bits per heavy atom. The topological polar surface area (TPSA) is 77.0 Å². The second kappa shape index (κ2) is 9.28. The quantitative estimate of drug-likeness (QED) is 0.568. The molecule has 0 amide bonds. The van der Waals surface area contributed by atoms with E-state index in [2.05, 4.69) is 20.6 Å². The monoisotopic (exact) mass is 378 g/mol. The van der Waals surface area contributed by atoms with Crippen LogP contribution in [0.1, 0.15) is 22.5 Å². The first-order valence-electron chi connectivity index (χ1n) is 8.30. The number of hydrogen-bond donors (Lipinski definition) is 2. The SMILES string of the molecule is CCNC(=NCc1sc(C)nc1C)Nc1cc(OC)c(OC)c(OC)c1. The molecule has 7 nitrogen and oxygen atoms in total. The first kappa shape index (κ1) is 19.8. The van der Waals surface area contributed by atoms with Crippen LogP contribution in [0.4, 0.5) is 5.69 Å². The maximum Gasteiger partial charge on any atom is 0.203 e. The van der Waals surface area contributed by atoms with Crippen LogP contribution in [0, 0.1) is 13.8 Å². The van der Waals surface area contributed by atoms with Crippen LogP contribution in [0.15, 0.2) is 17.1 Å². The maximum absolute atomic E-state index is 5.40. The molecule has 0 radical (unpaired) electrons. The normalized spacial score (nSPS) is 11.2. The summed E-state index contributed by atoms with van der Waals surface area (Å²) in [6, 6.07) is 3.69. The third kappa shape index (κ3) is 4.78. The first-order chi connectivity index (χ1) is 12.5. The van der Waals surface area contributed by atoms with Gasteiger partial charge in [-0.25, -0.2) is 9.98 Å². The van der Waals surface area contributed by atoms with Crippen molar-refractivity contribution >= 4 is 23.0 Å². The molecule has 2 rings (SSSR count). The minimum absolute atomic E-state index is 0.554. The molecule has 0 fully saturated rings. The second-order valence-electron chi connectivity index (χ2n) is 5.48. The number of thiazole rings is 1. The van der Waals surface area contributed by atoms with Gasteiger partial charge >= 0.3 is 0 Å². The van der Waals surface area contributed by atoms with Gasteiger partial charge in [-0.15, -0.1) is 11.3 Å². The summed E-state index contributed by atoms with van der Waals surface area (Å²) in [5.41, 5.74) is 1.82. The van der Waals surface area contributed by atoms with Crippen LogP contribution in [0.3, 0.4) is 0 Å². The number of anilines is 1. The number of rotatable bonds is 7. The van der Waals surface area contributed by atoms with Crippen LogP contribution < -0.4 is 24.8 Å². The number of nitrogens with one attached hydrogen (secondary N) is 2. The van der Waals surface area contributed by atoms with E-state index < -0.39 is 0 Å². The van der Waals surface area contributed by atoms with Gasteiger partial charge < -0.3 is 24.8 Å². The van der Waals surface area contributed by atoms with Gasteiger partial charge in [0.05, 0.1) is 38.6 Å². The summed E-state index contributed by atoms with van der Waals surface area (Å²) in [6.45, 7) is 7.35. The lowest BCUT2D eigenvalue weighted by Gasteiger charge is -2.16. The lowest BCUT2D eigenvalue weighted by molar-refractivity contribution is 0.324. The number of guanidine groups is 1. The van der Waals surface area contributed by atoms with Crippen molar-refractivity contribution in [2.24, 2.45) is 4.99 Å². The second-order valence-corrected chi connectivity index (χ2v) is 6.76. The minimum Gasteiger partial charge on any atom is -0.493 e. The number of nitrogens with zero attached hydrogens (tertiary/aromatic N) is 2. The zero-order valence-electron chi connectivity index (χ0n) is 16.1. The van der Waals surface area contributed by atoms with Crippen molar-refractivity contribution in [2.75, 3.05) is 33.2 Å². The zero-order valence-corrected chi connectivity index (χ0v) is 16.9. The van der Waals surface area contributed by atoms with E-state index in [1.807, 2.05) is 32.9 Å². The van der Waals surface area contributed by atoms with E-state index in [1.165, 1.54) is 0 Å². The molecule has 1 heterocycles. The Hall–Kier alpha value is -2.48. The lowest BCUT2D eigenvalue weighted by atomic mass is 10.2. The third-order valence-electron chi connectivity index (χ3n) is 3.65. The summed E-state index contributed by atoms with van der Waals surface area (Å²) in [7, 11) is 4.77. The van der Waals surface area contributed by atoms with E-state index >= 15 is 0 Å². The summed E-state index contributed by atoms with van der Waals surface area (Å²) in [6.07, 6.45) is 0. The standard InChI is InChI=1S/C18H26N4O3S/c1-7-19-18(20-10-16-11(2)21-12(3)26-16)22-13-8-14(23-4)17(25-6)15(9-13)24-5/h8-9H,7,10H2,1-6H3,(H2,19,20,22). The molecule has 0 aliphatic carbocycles. The van der Waals surface area contributed by atoms with E-state index in [9.17, 15) is 0 Å². The Kier molecular flexibility index (Phi) is 7.08. The lowest BCUT2D eigenvalue weighted by Crippen LogP contribution is -2.30. The van der Waals surface area contributed by atoms with Gasteiger partial charge in [-0.3, -0.25) is 0 Å². The van der Waals surface area contributed by atoms with Gasteiger partial charge in [0.1, 0.15) is 0 Å². The van der Waals surface area contributed by atoms with Crippen molar-refractivity contribution in [1.82, 2.24) is 10.3 Å². The van der Waals surface area contributed by atoms with E-state index in [0.717, 1.165) is 27.8 Å². The van der Waals surface area contributed by atoms with Crippen molar-refractivity contribution in [1.29, 1.82) is 0 Å². The van der Waals surface area contributed by atoms with Crippen LogP contribution in [-0.4, -0.2) is 38.8 Å². The highest BCUT2D eigenvalue weighted by molar-refractivity contribution is 7.11. The number of benzene rings is 1. The average molecular weight is 378 g/mol. The maximum atomic E-state index is 5.40. The van der Waals surface area contributed by atoms with E-state index in [0.29, 0.717) is 29.8 Å². The number of aromatic nitrogens is 1. The number of aryl methyl sites for hydroxylation is 2. The number of aliphatic imine (C=N–C) groups is 1. The molecule has 0 aliphatic rings. The van der Waals surface area contributed by atoms with Crippen molar-refractivity contribution in [3.63, 3.8) is 0 Å². The largest absolute Gasteiger partial charge is 0.493 e. The fraction of sp³-hybridized carbons (Fsp3) is 0.444. The van der Waals surface area contributed by atoms with Gasteiger partial charge in [0.2, 0.25) is 5.75 Å². The zero-order chi connectivity index (χ0) is 19.1. The predicted octanol–water partition coefficient (Wildman–Crippen LogP) is 3.36. The van der Waals surface area contributed by atoms with E-state index in [1.54, 1.807) is 32.7 Å². The van der Waals surface area contributed by atoms with Gasteiger partial charge in [-0.2, -0.15) is 0 Å². The Balaban J connectivity index is 2.26. The number of hydrogen-bond acceptors (Lipinski definition) is 6. The molecule has 0 aliphatic heterocycles. The molecule has 0 saturated heterocycles. The first-order valence-corrected chi connectivity index (χ1v) is 9.12. The summed E-state index contributed by atoms with van der Waals surface area (Å²) in [4.78, 5) is 10.3. The molecule has 2 N–H and O–H groups in total. The van der Waals surface area contributed by atoms with Crippen molar-refractivity contribution in [3.8, 4) is 17.2 Å². The fourth-order valence-corrected chi connectivity index (χ4v) is 3.33. The molecule has 0 bridgehead atoms. The molecule has 0 saturated carbocycles. The predicted molar refractivity (Wildman–Crippen MR) is 106 cm³/mol. The van der Waals surface area contributed by atoms with Crippen molar-refractivity contribution in [3.05, 3.63) is 27.7 Å². The average Bonchev–Trinajstić information content (AvgIpc) is 2.96. The summed E-state index contributed by atoms with van der Waals surface area (Å²) < 4.78 is 16.2. The Labute approximate surface area is 158 Å². The highest BCUT2D eigenvalue weighted by Gasteiger charge is 2.14. The highest BCUT2D eigenvalue weighted by atomic mass is 32.1. The summed E-state index contributed by atoms with van der Waals surface area (Å²) in [5.74, 6) is 2.39. The molecule has 0 atom stereocenters. The Morgan fingerprint density at radius 1 is 1.12 bits per heavy atom. The van der Waals surface area contributed by atoms with Gasteiger partial charge in [-0.05, 0) is 20.8 Å². The van der Waals surface area contributed by atoms with E-state index in [4.69, 9.17) is 14.2 Å². The summed E-state index contributed by atoms with van der Waals surface area (Å²) >= 11 is 1.67. The molecular formula is C18H26N4O3S. The highest BCUT2D eigenvalue weighted by Crippen LogP contribution is 2.39. The van der Waals surface area contributed by atoms with Crippen LogP contribution in [0.25, 0.3) is 0 Å². The molecule has 1 aromatic heterocycles. The number of methoxy groups -OCH3 is 3. The number of ether oxygens (including phenoxy) is 3. The van der Waals surface area contributed by atoms with E-state index in [-0.39, 0.29) is 0 Å². The van der Waals surface area contributed by atoms with Crippen molar-refractivity contribution in [2.45, 2.75) is 27.3 Å². The Morgan fingerprint density at radius 2 is 1.77 bits per heavy atom. The molecule has 26 heavy (non-hydrogen) atoms. The molecular weight excluding hydrogens is 352 g/mol. The molecule has 0 unspecified atom stereocenters. The van der Waals surface area contributed by atoms with Gasteiger partial charge in [0.25, 0.3) is 0 Å². The van der Waals surface area contributed by atoms with Gasteiger partial charge in [-0.1, -0.05) is 0 Å². The van der Waals surface area contributed by atoms with Crippen LogP contribution >= 0.6 is 11.3 Å². The van der Waals surface area contributed by atoms with Crippen LogP contribution in [0.5, 0.6) is 17.2 Å². The third-order valence-corrected chi connectivity index (χ3v) is 4.71. The minimum atomic E-state index is 0.554. The molecule has 142 valence electrons. The van der Waals surface area contributed by atoms with Crippen molar-refractivity contribution < 1.29 is 14.2 Å². The summed E-state index contributed by atoms with van der Waals surface area (Å²) in [5, 5.41) is 7.58. The molecule has 1 aromatic carbocycles. The molecule has 8 heteroatoms. The smallest absolute Gasteiger partial charge is 0.203 e. The Bertz CT molecular complexity index is 749.